The van der Waals surface area contributed by atoms with Crippen molar-refractivity contribution >= 4 is 23.3 Å². The average molecular weight is 190 g/mol. The normalized spacial score (nSPS) is 11.9. The van der Waals surface area contributed by atoms with Gasteiger partial charge >= 0.3 is 0 Å². The predicted octanol–water partition coefficient (Wildman–Crippen LogP) is 1.40. The van der Waals surface area contributed by atoms with Crippen LogP contribution in [-0.4, -0.2) is 25.8 Å². The van der Waals surface area contributed by atoms with E-state index in [4.69, 9.17) is 5.11 Å². The van der Waals surface area contributed by atoms with Crippen LogP contribution in [0.2, 0.25) is 0 Å². The highest BCUT2D eigenvalue weighted by atomic mass is 32.2. The van der Waals surface area contributed by atoms with Gasteiger partial charge in [-0.05, 0) is 25.4 Å². The highest BCUT2D eigenvalue weighted by molar-refractivity contribution is 8.02. The fourth-order valence-corrected chi connectivity index (χ4v) is 2.35. The Balaban J connectivity index is 2.56. The lowest BCUT2D eigenvalue weighted by molar-refractivity contribution is 0.265. The van der Waals surface area contributed by atoms with Crippen molar-refractivity contribution in [2.45, 2.75) is 22.9 Å². The second kappa shape index (κ2) is 3.51. The third-order valence-electron chi connectivity index (χ3n) is 1.09. The van der Waals surface area contributed by atoms with Gasteiger partial charge < -0.3 is 5.11 Å². The van der Waals surface area contributed by atoms with Crippen LogP contribution in [0.5, 0.6) is 0 Å². The van der Waals surface area contributed by atoms with Crippen molar-refractivity contribution < 1.29 is 5.11 Å². The van der Waals surface area contributed by atoms with Gasteiger partial charge in [-0.25, -0.2) is 4.98 Å². The highest BCUT2D eigenvalue weighted by Gasteiger charge is 2.19. The fraction of sp³-hybridized carbons (Fsp3) is 0.667. The fourth-order valence-electron chi connectivity index (χ4n) is 0.477. The Bertz CT molecular complexity index is 210. The molecule has 1 aromatic rings. The number of aliphatic hydroxyl groups is 1. The number of hydrogen-bond donors (Lipinski definition) is 1. The molecule has 1 heterocycles. The summed E-state index contributed by atoms with van der Waals surface area (Å²) in [5.41, 5.74) is 0. The van der Waals surface area contributed by atoms with Crippen LogP contribution in [0.4, 0.5) is 0 Å². The number of rotatable bonds is 3. The summed E-state index contributed by atoms with van der Waals surface area (Å²) in [6.45, 7) is 4.09. The van der Waals surface area contributed by atoms with Crippen molar-refractivity contribution in [3.05, 3.63) is 6.33 Å². The molecular weight excluding hydrogens is 180 g/mol. The van der Waals surface area contributed by atoms with E-state index in [1.165, 1.54) is 17.9 Å². The SMILES string of the molecule is CC(C)(CO)Sc1ncns1. The summed E-state index contributed by atoms with van der Waals surface area (Å²) in [6, 6.07) is 0. The lowest BCUT2D eigenvalue weighted by atomic mass is 10.2. The number of nitrogens with zero attached hydrogens (tertiary/aromatic N) is 2. The Kier molecular flexibility index (Phi) is 2.86. The van der Waals surface area contributed by atoms with Crippen LogP contribution in [0.3, 0.4) is 0 Å². The Morgan fingerprint density at radius 2 is 2.45 bits per heavy atom. The summed E-state index contributed by atoms with van der Waals surface area (Å²) in [7, 11) is 0. The smallest absolute Gasteiger partial charge is 0.170 e. The van der Waals surface area contributed by atoms with E-state index >= 15 is 0 Å². The molecule has 5 heteroatoms. The zero-order valence-electron chi connectivity index (χ0n) is 6.44. The predicted molar refractivity (Wildman–Crippen MR) is 46.9 cm³/mol. The third kappa shape index (κ3) is 2.76. The molecule has 0 aliphatic heterocycles. The van der Waals surface area contributed by atoms with Gasteiger partial charge in [-0.1, -0.05) is 11.8 Å². The molecule has 0 bridgehead atoms. The van der Waals surface area contributed by atoms with Gasteiger partial charge in [0.1, 0.15) is 6.33 Å². The van der Waals surface area contributed by atoms with Gasteiger partial charge in [0, 0.05) is 4.75 Å². The maximum absolute atomic E-state index is 8.93. The van der Waals surface area contributed by atoms with Crippen molar-refractivity contribution in [2.24, 2.45) is 0 Å². The summed E-state index contributed by atoms with van der Waals surface area (Å²) < 4.78 is 4.62. The van der Waals surface area contributed by atoms with E-state index in [9.17, 15) is 0 Å². The van der Waals surface area contributed by atoms with Gasteiger partial charge in [0.25, 0.3) is 0 Å². The monoisotopic (exact) mass is 190 g/mol. The molecule has 0 fully saturated rings. The van der Waals surface area contributed by atoms with Gasteiger partial charge in [0.2, 0.25) is 0 Å². The lowest BCUT2D eigenvalue weighted by Gasteiger charge is -2.17. The molecule has 0 unspecified atom stereocenters. The van der Waals surface area contributed by atoms with Crippen LogP contribution in [0.25, 0.3) is 0 Å². The first-order valence-corrected chi connectivity index (χ1v) is 4.79. The van der Waals surface area contributed by atoms with Crippen molar-refractivity contribution in [1.82, 2.24) is 9.36 Å². The molecule has 0 amide bonds. The van der Waals surface area contributed by atoms with E-state index in [2.05, 4.69) is 9.36 Å². The van der Waals surface area contributed by atoms with Crippen LogP contribution in [0.1, 0.15) is 13.8 Å². The minimum absolute atomic E-state index is 0.150. The first-order chi connectivity index (χ1) is 5.14. The van der Waals surface area contributed by atoms with Gasteiger partial charge in [0.15, 0.2) is 4.34 Å². The summed E-state index contributed by atoms with van der Waals surface area (Å²) in [5.74, 6) is 0. The highest BCUT2D eigenvalue weighted by Crippen LogP contribution is 2.31. The summed E-state index contributed by atoms with van der Waals surface area (Å²) in [4.78, 5) is 4.01. The largest absolute Gasteiger partial charge is 0.395 e. The van der Waals surface area contributed by atoms with E-state index in [1.54, 1.807) is 11.8 Å². The van der Waals surface area contributed by atoms with Gasteiger partial charge in [-0.3, -0.25) is 0 Å². The van der Waals surface area contributed by atoms with Crippen molar-refractivity contribution in [3.63, 3.8) is 0 Å². The Morgan fingerprint density at radius 1 is 1.73 bits per heavy atom. The third-order valence-corrected chi connectivity index (χ3v) is 2.98. The van der Waals surface area contributed by atoms with Crippen LogP contribution in [0.15, 0.2) is 10.7 Å². The molecule has 62 valence electrons. The van der Waals surface area contributed by atoms with Crippen LogP contribution in [-0.2, 0) is 0 Å². The molecule has 0 saturated carbocycles. The first-order valence-electron chi connectivity index (χ1n) is 3.20. The Morgan fingerprint density at radius 3 is 2.91 bits per heavy atom. The standard InChI is InChI=1S/C6H10N2OS2/c1-6(2,3-9)10-5-7-4-8-11-5/h4,9H,3H2,1-2H3. The maximum Gasteiger partial charge on any atom is 0.170 e. The van der Waals surface area contributed by atoms with Crippen molar-refractivity contribution in [1.29, 1.82) is 0 Å². The minimum Gasteiger partial charge on any atom is -0.395 e. The van der Waals surface area contributed by atoms with Gasteiger partial charge in [-0.15, -0.1) is 0 Å². The Hall–Kier alpha value is -0.130. The molecule has 0 spiro atoms. The number of hydrogen-bond acceptors (Lipinski definition) is 5. The zero-order valence-corrected chi connectivity index (χ0v) is 8.08. The Labute approximate surface area is 74.0 Å². The van der Waals surface area contributed by atoms with E-state index in [0.29, 0.717) is 0 Å². The quantitative estimate of drug-likeness (QED) is 0.732. The topological polar surface area (TPSA) is 46.0 Å². The maximum atomic E-state index is 8.93. The summed E-state index contributed by atoms with van der Waals surface area (Å²) in [6.07, 6.45) is 1.53. The summed E-state index contributed by atoms with van der Waals surface area (Å²) >= 11 is 2.90. The molecule has 1 rings (SSSR count). The van der Waals surface area contributed by atoms with Crippen LogP contribution >= 0.6 is 23.3 Å². The van der Waals surface area contributed by atoms with Crippen molar-refractivity contribution in [2.75, 3.05) is 6.61 Å². The molecule has 0 aliphatic rings. The molecule has 1 N–H and O–H groups in total. The number of aromatic nitrogens is 2. The molecular formula is C6H10N2OS2. The van der Waals surface area contributed by atoms with Crippen LogP contribution < -0.4 is 0 Å². The first kappa shape index (κ1) is 8.96. The van der Waals surface area contributed by atoms with E-state index in [1.807, 2.05) is 13.8 Å². The molecule has 0 radical (unpaired) electrons. The zero-order chi connectivity index (χ0) is 8.32. The lowest BCUT2D eigenvalue weighted by Crippen LogP contribution is -2.19. The molecule has 0 aromatic carbocycles. The second-order valence-corrected chi connectivity index (χ2v) is 5.46. The molecule has 1 aromatic heterocycles. The molecule has 3 nitrogen and oxygen atoms in total. The molecule has 0 aliphatic carbocycles. The van der Waals surface area contributed by atoms with Gasteiger partial charge in [0.05, 0.1) is 6.61 Å². The number of thioether (sulfide) groups is 1. The number of aliphatic hydroxyl groups excluding tert-OH is 1. The van der Waals surface area contributed by atoms with Gasteiger partial charge in [-0.2, -0.15) is 4.37 Å². The van der Waals surface area contributed by atoms with E-state index < -0.39 is 0 Å². The van der Waals surface area contributed by atoms with E-state index in [-0.39, 0.29) is 11.4 Å². The average Bonchev–Trinajstić information content (AvgIpc) is 2.39. The molecule has 0 atom stereocenters. The van der Waals surface area contributed by atoms with E-state index in [0.717, 1.165) is 4.34 Å². The summed E-state index contributed by atoms with van der Waals surface area (Å²) in [5, 5.41) is 8.93. The molecule has 11 heavy (non-hydrogen) atoms. The van der Waals surface area contributed by atoms with Crippen LogP contribution in [0, 0.1) is 0 Å². The minimum atomic E-state index is -0.153. The second-order valence-electron chi connectivity index (χ2n) is 2.73. The molecule has 0 saturated heterocycles. The van der Waals surface area contributed by atoms with Crippen molar-refractivity contribution in [3.8, 4) is 0 Å².